The van der Waals surface area contributed by atoms with Crippen LogP contribution in [0.3, 0.4) is 0 Å². The molecule has 1 aliphatic rings. The molecule has 1 aromatic carbocycles. The summed E-state index contributed by atoms with van der Waals surface area (Å²) in [6.07, 6.45) is 1.13. The average molecular weight is 309 g/mol. The first-order chi connectivity index (χ1) is 10.4. The molecule has 0 N–H and O–H groups in total. The number of hydrogen-bond acceptors (Lipinski definition) is 3. The number of halogens is 1. The topological polar surface area (TPSA) is 38.8 Å². The molecule has 2 atom stereocenters. The third kappa shape index (κ3) is 3.34. The minimum atomic E-state index is -0.586. The molecule has 5 heteroatoms. The van der Waals surface area contributed by atoms with Crippen molar-refractivity contribution < 1.29 is 18.7 Å². The molecule has 4 nitrogen and oxygen atoms in total. The zero-order valence-electron chi connectivity index (χ0n) is 13.9. The van der Waals surface area contributed by atoms with Gasteiger partial charge in [-0.3, -0.25) is 4.79 Å². The monoisotopic (exact) mass is 309 g/mol. The summed E-state index contributed by atoms with van der Waals surface area (Å²) in [5.41, 5.74) is 0.0275. The maximum atomic E-state index is 14.3. The predicted octanol–water partition coefficient (Wildman–Crippen LogP) is 3.35. The van der Waals surface area contributed by atoms with Gasteiger partial charge < -0.3 is 14.4 Å². The van der Waals surface area contributed by atoms with E-state index < -0.39 is 5.82 Å². The Labute approximate surface area is 131 Å². The molecule has 1 aromatic rings. The molecule has 0 radical (unpaired) electrons. The smallest absolute Gasteiger partial charge is 0.257 e. The van der Waals surface area contributed by atoms with E-state index in [0.29, 0.717) is 24.1 Å². The Balaban J connectivity index is 2.29. The summed E-state index contributed by atoms with van der Waals surface area (Å²) < 4.78 is 24.5. The standard InChI is InChI=1S/C17H24FNO3/c1-10(2)19(9-12-6-11(12)3)17(20)13-7-15(21-4)16(22-5)8-14(13)18/h7-8,10-12H,6,9H2,1-5H3. The van der Waals surface area contributed by atoms with Gasteiger partial charge in [0.25, 0.3) is 5.91 Å². The molecule has 2 rings (SSSR count). The Hall–Kier alpha value is -1.78. The third-order valence-corrected chi connectivity index (χ3v) is 4.30. The summed E-state index contributed by atoms with van der Waals surface area (Å²) in [5.74, 6) is 0.919. The van der Waals surface area contributed by atoms with E-state index in [1.807, 2.05) is 13.8 Å². The summed E-state index contributed by atoms with van der Waals surface area (Å²) in [7, 11) is 2.91. The molecule has 22 heavy (non-hydrogen) atoms. The lowest BCUT2D eigenvalue weighted by atomic mass is 10.1. The largest absolute Gasteiger partial charge is 0.493 e. The summed E-state index contributed by atoms with van der Waals surface area (Å²) in [6, 6.07) is 2.64. The van der Waals surface area contributed by atoms with E-state index in [1.54, 1.807) is 4.90 Å². The average Bonchev–Trinajstić information content (AvgIpc) is 3.18. The lowest BCUT2D eigenvalue weighted by molar-refractivity contribution is 0.0688. The Kier molecular flexibility index (Phi) is 4.94. The second-order valence-corrected chi connectivity index (χ2v) is 6.21. The number of nitrogens with zero attached hydrogens (tertiary/aromatic N) is 1. The maximum absolute atomic E-state index is 14.3. The zero-order chi connectivity index (χ0) is 16.4. The van der Waals surface area contributed by atoms with Gasteiger partial charge in [-0.25, -0.2) is 4.39 Å². The maximum Gasteiger partial charge on any atom is 0.257 e. The van der Waals surface area contributed by atoms with Crippen molar-refractivity contribution in [2.75, 3.05) is 20.8 Å². The fourth-order valence-corrected chi connectivity index (χ4v) is 2.61. The molecule has 1 aliphatic carbocycles. The number of hydrogen-bond donors (Lipinski definition) is 0. The highest BCUT2D eigenvalue weighted by atomic mass is 19.1. The number of rotatable bonds is 6. The molecular weight excluding hydrogens is 285 g/mol. The van der Waals surface area contributed by atoms with Crippen LogP contribution in [0.1, 0.15) is 37.6 Å². The van der Waals surface area contributed by atoms with Crippen LogP contribution in [0.5, 0.6) is 11.5 Å². The first-order valence-corrected chi connectivity index (χ1v) is 7.61. The minimum absolute atomic E-state index is 0.0211. The first-order valence-electron chi connectivity index (χ1n) is 7.61. The highest BCUT2D eigenvalue weighted by Crippen LogP contribution is 2.39. The fraction of sp³-hybridized carbons (Fsp3) is 0.588. The van der Waals surface area contributed by atoms with Gasteiger partial charge in [-0.1, -0.05) is 6.92 Å². The third-order valence-electron chi connectivity index (χ3n) is 4.30. The zero-order valence-corrected chi connectivity index (χ0v) is 13.9. The van der Waals surface area contributed by atoms with Gasteiger partial charge in [0.2, 0.25) is 0 Å². The normalized spacial score (nSPS) is 20.0. The molecule has 0 bridgehead atoms. The number of amides is 1. The Morgan fingerprint density at radius 3 is 2.32 bits per heavy atom. The molecule has 122 valence electrons. The summed E-state index contributed by atoms with van der Waals surface area (Å²) >= 11 is 0. The van der Waals surface area contributed by atoms with Crippen molar-refractivity contribution in [3.05, 3.63) is 23.5 Å². The van der Waals surface area contributed by atoms with Crippen LogP contribution >= 0.6 is 0 Å². The molecule has 1 fully saturated rings. The summed E-state index contributed by atoms with van der Waals surface area (Å²) in [6.45, 7) is 6.74. The van der Waals surface area contributed by atoms with Crippen molar-refractivity contribution >= 4 is 5.91 Å². The van der Waals surface area contributed by atoms with Crippen molar-refractivity contribution in [2.24, 2.45) is 11.8 Å². The number of carbonyl (C=O) groups is 1. The Bertz CT molecular complexity index is 559. The van der Waals surface area contributed by atoms with Crippen LogP contribution in [0, 0.1) is 17.7 Å². The van der Waals surface area contributed by atoms with Gasteiger partial charge in [0.15, 0.2) is 11.5 Å². The van der Waals surface area contributed by atoms with E-state index in [4.69, 9.17) is 9.47 Å². The lowest BCUT2D eigenvalue weighted by Gasteiger charge is -2.27. The van der Waals surface area contributed by atoms with Crippen LogP contribution in [0.15, 0.2) is 12.1 Å². The van der Waals surface area contributed by atoms with Gasteiger partial charge in [-0.15, -0.1) is 0 Å². The fourth-order valence-electron chi connectivity index (χ4n) is 2.61. The molecule has 2 unspecified atom stereocenters. The van der Waals surface area contributed by atoms with Gasteiger partial charge in [-0.2, -0.15) is 0 Å². The van der Waals surface area contributed by atoms with E-state index in [-0.39, 0.29) is 23.3 Å². The Morgan fingerprint density at radius 2 is 1.86 bits per heavy atom. The molecule has 0 aliphatic heterocycles. The second-order valence-electron chi connectivity index (χ2n) is 6.21. The molecule has 0 aromatic heterocycles. The number of ether oxygens (including phenoxy) is 2. The van der Waals surface area contributed by atoms with E-state index in [0.717, 1.165) is 6.42 Å². The van der Waals surface area contributed by atoms with Crippen LogP contribution in [-0.2, 0) is 0 Å². The van der Waals surface area contributed by atoms with Crippen molar-refractivity contribution in [1.29, 1.82) is 0 Å². The van der Waals surface area contributed by atoms with Gasteiger partial charge in [0.1, 0.15) is 5.82 Å². The van der Waals surface area contributed by atoms with Crippen molar-refractivity contribution in [3.63, 3.8) is 0 Å². The number of carbonyl (C=O) groups excluding carboxylic acids is 1. The first kappa shape index (κ1) is 16.6. The van der Waals surface area contributed by atoms with Crippen LogP contribution < -0.4 is 9.47 Å². The molecule has 0 heterocycles. The highest BCUT2D eigenvalue weighted by Gasteiger charge is 2.36. The van der Waals surface area contributed by atoms with E-state index in [9.17, 15) is 9.18 Å². The SMILES string of the molecule is COc1cc(F)c(C(=O)N(CC2CC2C)C(C)C)cc1OC. The van der Waals surface area contributed by atoms with Crippen LogP contribution in [0.25, 0.3) is 0 Å². The predicted molar refractivity (Wildman–Crippen MR) is 82.9 cm³/mol. The minimum Gasteiger partial charge on any atom is -0.493 e. The highest BCUT2D eigenvalue weighted by molar-refractivity contribution is 5.95. The van der Waals surface area contributed by atoms with E-state index >= 15 is 0 Å². The van der Waals surface area contributed by atoms with Crippen molar-refractivity contribution in [2.45, 2.75) is 33.2 Å². The van der Waals surface area contributed by atoms with Gasteiger partial charge in [0.05, 0.1) is 19.8 Å². The van der Waals surface area contributed by atoms with E-state index in [1.165, 1.54) is 26.4 Å². The van der Waals surface area contributed by atoms with Crippen molar-refractivity contribution in [1.82, 2.24) is 4.90 Å². The van der Waals surface area contributed by atoms with Crippen molar-refractivity contribution in [3.8, 4) is 11.5 Å². The van der Waals surface area contributed by atoms with E-state index in [2.05, 4.69) is 6.92 Å². The lowest BCUT2D eigenvalue weighted by Crippen LogP contribution is -2.39. The Morgan fingerprint density at radius 1 is 1.32 bits per heavy atom. The van der Waals surface area contributed by atoms with Gasteiger partial charge >= 0.3 is 0 Å². The van der Waals surface area contributed by atoms with Crippen LogP contribution in [0.2, 0.25) is 0 Å². The van der Waals surface area contributed by atoms with Crippen LogP contribution in [-0.4, -0.2) is 37.6 Å². The molecule has 1 saturated carbocycles. The van der Waals surface area contributed by atoms with Crippen LogP contribution in [0.4, 0.5) is 4.39 Å². The summed E-state index contributed by atoms with van der Waals surface area (Å²) in [5, 5.41) is 0. The number of methoxy groups -OCH3 is 2. The molecule has 1 amide bonds. The van der Waals surface area contributed by atoms with Gasteiger partial charge in [-0.05, 0) is 38.2 Å². The molecule has 0 spiro atoms. The number of benzene rings is 1. The summed E-state index contributed by atoms with van der Waals surface area (Å²) in [4.78, 5) is 14.5. The molecule has 0 saturated heterocycles. The second kappa shape index (κ2) is 6.55. The molecular formula is C17H24FNO3. The van der Waals surface area contributed by atoms with Gasteiger partial charge in [0, 0.05) is 18.7 Å². The quantitative estimate of drug-likeness (QED) is 0.809.